The molecule has 0 spiro atoms. The van der Waals surface area contributed by atoms with Crippen LogP contribution in [0.2, 0.25) is 0 Å². The summed E-state index contributed by atoms with van der Waals surface area (Å²) in [6, 6.07) is 17.9. The minimum atomic E-state index is 0.349. The summed E-state index contributed by atoms with van der Waals surface area (Å²) in [4.78, 5) is 5.89. The molecule has 5 rings (SSSR count). The molecule has 2 aromatic carbocycles. The fourth-order valence-electron chi connectivity index (χ4n) is 7.43. The summed E-state index contributed by atoms with van der Waals surface area (Å²) in [6.45, 7) is 9.52. The Morgan fingerprint density at radius 3 is 1.94 bits per heavy atom. The third-order valence-corrected chi connectivity index (χ3v) is 8.90. The van der Waals surface area contributed by atoms with Gasteiger partial charge in [-0.1, -0.05) is 68.5 Å². The summed E-state index contributed by atoms with van der Waals surface area (Å²) in [5, 5.41) is 0. The van der Waals surface area contributed by atoms with Gasteiger partial charge in [-0.3, -0.25) is 4.90 Å². The van der Waals surface area contributed by atoms with Crippen LogP contribution in [0.4, 0.5) is 5.69 Å². The van der Waals surface area contributed by atoms with Crippen molar-refractivity contribution in [3.63, 3.8) is 0 Å². The van der Waals surface area contributed by atoms with Crippen LogP contribution in [0.25, 0.3) is 0 Å². The Morgan fingerprint density at radius 1 is 0.688 bits per heavy atom. The number of para-hydroxylation sites is 1. The van der Waals surface area contributed by atoms with Crippen molar-refractivity contribution in [2.45, 2.75) is 110 Å². The molecule has 0 amide bonds. The van der Waals surface area contributed by atoms with Crippen LogP contribution in [0.15, 0.2) is 42.5 Å². The molecule has 0 aromatic heterocycles. The van der Waals surface area contributed by atoms with Gasteiger partial charge in [0.1, 0.15) is 6.17 Å². The zero-order valence-corrected chi connectivity index (χ0v) is 20.7. The third kappa shape index (κ3) is 3.79. The fraction of sp³-hybridized carbons (Fsp3) is 0.600. The smallest absolute Gasteiger partial charge is 0.110 e. The van der Waals surface area contributed by atoms with Crippen LogP contribution in [-0.2, 0) is 0 Å². The molecule has 3 fully saturated rings. The Morgan fingerprint density at radius 2 is 1.28 bits per heavy atom. The average molecular weight is 431 g/mol. The SMILES string of the molecule is Cc1ccccc1N1C(c2c(C)cccc2C)N(C2CCCC2)C(C2CCCCC2)[C@@H]1C. The zero-order chi connectivity index (χ0) is 22.2. The molecule has 2 unspecified atom stereocenters. The van der Waals surface area contributed by atoms with Crippen LogP contribution in [0.3, 0.4) is 0 Å². The average Bonchev–Trinajstić information content (AvgIpc) is 3.41. The normalized spacial score (nSPS) is 28.0. The van der Waals surface area contributed by atoms with E-state index in [0.29, 0.717) is 18.2 Å². The van der Waals surface area contributed by atoms with Crippen LogP contribution in [0, 0.1) is 26.7 Å². The highest BCUT2D eigenvalue weighted by atomic mass is 15.5. The third-order valence-electron chi connectivity index (χ3n) is 8.90. The highest BCUT2D eigenvalue weighted by molar-refractivity contribution is 5.58. The number of nitrogens with zero attached hydrogens (tertiary/aromatic N) is 2. The number of anilines is 1. The molecule has 2 saturated carbocycles. The minimum Gasteiger partial charge on any atom is -0.347 e. The van der Waals surface area contributed by atoms with E-state index in [1.54, 1.807) is 5.56 Å². The molecule has 2 nitrogen and oxygen atoms in total. The van der Waals surface area contributed by atoms with E-state index in [1.807, 2.05) is 0 Å². The lowest BCUT2D eigenvalue weighted by atomic mass is 9.80. The molecule has 3 aliphatic rings. The number of aryl methyl sites for hydroxylation is 3. The van der Waals surface area contributed by atoms with Crippen LogP contribution in [0.1, 0.15) is 93.1 Å². The van der Waals surface area contributed by atoms with Crippen LogP contribution >= 0.6 is 0 Å². The van der Waals surface area contributed by atoms with Crippen molar-refractivity contribution in [1.82, 2.24) is 4.90 Å². The Labute approximate surface area is 196 Å². The van der Waals surface area contributed by atoms with E-state index in [4.69, 9.17) is 0 Å². The highest BCUT2D eigenvalue weighted by Gasteiger charge is 2.52. The van der Waals surface area contributed by atoms with Crippen LogP contribution in [0.5, 0.6) is 0 Å². The van der Waals surface area contributed by atoms with Crippen LogP contribution < -0.4 is 4.90 Å². The maximum atomic E-state index is 3.05. The minimum absolute atomic E-state index is 0.349. The lowest BCUT2D eigenvalue weighted by molar-refractivity contribution is 0.0754. The number of benzene rings is 2. The first kappa shape index (κ1) is 22.0. The van der Waals surface area contributed by atoms with E-state index in [-0.39, 0.29) is 0 Å². The van der Waals surface area contributed by atoms with Gasteiger partial charge < -0.3 is 4.90 Å². The van der Waals surface area contributed by atoms with Gasteiger partial charge >= 0.3 is 0 Å². The molecule has 2 aliphatic carbocycles. The zero-order valence-electron chi connectivity index (χ0n) is 20.7. The van der Waals surface area contributed by atoms with Gasteiger partial charge in [-0.25, -0.2) is 0 Å². The molecular weight excluding hydrogens is 388 g/mol. The van der Waals surface area contributed by atoms with E-state index in [1.165, 1.54) is 80.2 Å². The highest BCUT2D eigenvalue weighted by Crippen LogP contribution is 2.50. The summed E-state index contributed by atoms with van der Waals surface area (Å²) in [6.07, 6.45) is 13.0. The molecular formula is C30H42N2. The van der Waals surface area contributed by atoms with E-state index in [9.17, 15) is 0 Å². The molecule has 3 atom stereocenters. The van der Waals surface area contributed by atoms with Gasteiger partial charge in [-0.15, -0.1) is 0 Å². The van der Waals surface area contributed by atoms with Crippen molar-refractivity contribution < 1.29 is 0 Å². The van der Waals surface area contributed by atoms with Crippen molar-refractivity contribution >= 4 is 5.69 Å². The van der Waals surface area contributed by atoms with E-state index < -0.39 is 0 Å². The lowest BCUT2D eigenvalue weighted by Gasteiger charge is -2.41. The van der Waals surface area contributed by atoms with Crippen molar-refractivity contribution in [3.8, 4) is 0 Å². The Hall–Kier alpha value is -1.80. The summed E-state index contributed by atoms with van der Waals surface area (Å²) < 4.78 is 0. The van der Waals surface area contributed by atoms with Crippen molar-refractivity contribution in [2.75, 3.05) is 4.90 Å². The molecule has 2 heteroatoms. The van der Waals surface area contributed by atoms with Gasteiger partial charge in [-0.2, -0.15) is 0 Å². The van der Waals surface area contributed by atoms with Gasteiger partial charge in [0, 0.05) is 23.8 Å². The first-order valence-corrected chi connectivity index (χ1v) is 13.3. The van der Waals surface area contributed by atoms with Crippen molar-refractivity contribution in [1.29, 1.82) is 0 Å². The Balaban J connectivity index is 1.69. The molecule has 32 heavy (non-hydrogen) atoms. The maximum Gasteiger partial charge on any atom is 0.110 e. The number of hydrogen-bond donors (Lipinski definition) is 0. The Bertz CT molecular complexity index is 902. The molecule has 0 bridgehead atoms. The Kier molecular flexibility index (Phi) is 6.34. The summed E-state index contributed by atoms with van der Waals surface area (Å²) in [7, 11) is 0. The second kappa shape index (κ2) is 9.21. The standard InChI is InChI=1S/C30H42N2/c1-21-13-8-11-20-27(21)31-24(4)29(25-16-6-5-7-17-25)32(26-18-9-10-19-26)30(31)28-22(2)14-12-15-23(28)3/h8,11-15,20,24-26,29-30H,5-7,9-10,16-19H2,1-4H3/t24-,29?,30?/m0/s1. The van der Waals surface area contributed by atoms with Gasteiger partial charge in [0.2, 0.25) is 0 Å². The van der Waals surface area contributed by atoms with Gasteiger partial charge in [0.15, 0.2) is 0 Å². The predicted octanol–water partition coefficient (Wildman–Crippen LogP) is 7.71. The van der Waals surface area contributed by atoms with Crippen molar-refractivity contribution in [3.05, 3.63) is 64.7 Å². The first-order chi connectivity index (χ1) is 15.6. The lowest BCUT2D eigenvalue weighted by Crippen LogP contribution is -2.46. The largest absolute Gasteiger partial charge is 0.347 e. The van der Waals surface area contributed by atoms with Gasteiger partial charge in [0.05, 0.1) is 0 Å². The molecule has 1 saturated heterocycles. The molecule has 0 radical (unpaired) electrons. The quantitative estimate of drug-likeness (QED) is 0.490. The topological polar surface area (TPSA) is 6.48 Å². The predicted molar refractivity (Wildman–Crippen MR) is 136 cm³/mol. The first-order valence-electron chi connectivity index (χ1n) is 13.3. The maximum absolute atomic E-state index is 3.05. The summed E-state index contributed by atoms with van der Waals surface area (Å²) >= 11 is 0. The second-order valence-electron chi connectivity index (χ2n) is 10.9. The summed E-state index contributed by atoms with van der Waals surface area (Å²) in [5.74, 6) is 0.834. The fourth-order valence-corrected chi connectivity index (χ4v) is 7.43. The molecule has 0 N–H and O–H groups in total. The van der Waals surface area contributed by atoms with Crippen LogP contribution in [-0.4, -0.2) is 23.0 Å². The van der Waals surface area contributed by atoms with Gasteiger partial charge in [-0.05, 0) is 87.6 Å². The van der Waals surface area contributed by atoms with E-state index in [0.717, 1.165) is 12.0 Å². The van der Waals surface area contributed by atoms with Gasteiger partial charge in [0.25, 0.3) is 0 Å². The molecule has 172 valence electrons. The molecule has 1 aliphatic heterocycles. The summed E-state index contributed by atoms with van der Waals surface area (Å²) in [5.41, 5.74) is 7.31. The second-order valence-corrected chi connectivity index (χ2v) is 10.9. The van der Waals surface area contributed by atoms with E-state index in [2.05, 4.69) is 80.0 Å². The number of hydrogen-bond acceptors (Lipinski definition) is 2. The monoisotopic (exact) mass is 430 g/mol. The number of rotatable bonds is 4. The van der Waals surface area contributed by atoms with Crippen molar-refractivity contribution in [2.24, 2.45) is 5.92 Å². The molecule has 2 aromatic rings. The molecule has 1 heterocycles. The van der Waals surface area contributed by atoms with E-state index >= 15 is 0 Å².